The molecule has 3 nitrogen and oxygen atoms in total. The molecule has 0 unspecified atom stereocenters. The van der Waals surface area contributed by atoms with Crippen LogP contribution in [0, 0.1) is 6.92 Å². The molecule has 2 aromatic rings. The van der Waals surface area contributed by atoms with E-state index in [1.165, 1.54) is 0 Å². The molecule has 0 bridgehead atoms. The van der Waals surface area contributed by atoms with Gasteiger partial charge in [-0.05, 0) is 19.1 Å². The quantitative estimate of drug-likeness (QED) is 0.645. The van der Waals surface area contributed by atoms with E-state index < -0.39 is 0 Å². The zero-order chi connectivity index (χ0) is 9.52. The lowest BCUT2D eigenvalue weighted by atomic mass is 10.3. The second-order valence-electron chi connectivity index (χ2n) is 2.57. The van der Waals surface area contributed by atoms with E-state index in [0.29, 0.717) is 5.75 Å². The van der Waals surface area contributed by atoms with Gasteiger partial charge in [0.25, 0.3) is 0 Å². The third-order valence-electron chi connectivity index (χ3n) is 1.39. The molecule has 0 aliphatic rings. The minimum Gasteiger partial charge on any atom is -0.508 e. The van der Waals surface area contributed by atoms with Gasteiger partial charge in [0.05, 0.1) is 6.33 Å². The number of aromatic amines is 1. The highest BCUT2D eigenvalue weighted by molar-refractivity contribution is 5.18. The van der Waals surface area contributed by atoms with Gasteiger partial charge in [-0.3, -0.25) is 0 Å². The number of imidazole rings is 1. The van der Waals surface area contributed by atoms with E-state index in [9.17, 15) is 0 Å². The van der Waals surface area contributed by atoms with Gasteiger partial charge in [0.15, 0.2) is 0 Å². The van der Waals surface area contributed by atoms with Crippen molar-refractivity contribution < 1.29 is 5.11 Å². The summed E-state index contributed by atoms with van der Waals surface area (Å²) in [4.78, 5) is 6.66. The Labute approximate surface area is 77.1 Å². The Morgan fingerprint density at radius 2 is 1.92 bits per heavy atom. The van der Waals surface area contributed by atoms with Crippen LogP contribution >= 0.6 is 0 Å². The summed E-state index contributed by atoms with van der Waals surface area (Å²) in [6, 6.07) is 8.71. The molecule has 1 heterocycles. The molecule has 0 atom stereocenters. The highest BCUT2D eigenvalue weighted by Crippen LogP contribution is 2.02. The van der Waals surface area contributed by atoms with Gasteiger partial charge in [0.2, 0.25) is 0 Å². The Kier molecular flexibility index (Phi) is 3.57. The van der Waals surface area contributed by atoms with Gasteiger partial charge >= 0.3 is 0 Å². The van der Waals surface area contributed by atoms with E-state index in [1.807, 2.05) is 13.0 Å². The first-order valence-corrected chi connectivity index (χ1v) is 3.98. The topological polar surface area (TPSA) is 48.9 Å². The molecule has 2 rings (SSSR count). The molecule has 13 heavy (non-hydrogen) atoms. The average molecular weight is 176 g/mol. The van der Waals surface area contributed by atoms with Crippen LogP contribution in [0.5, 0.6) is 5.75 Å². The van der Waals surface area contributed by atoms with Crippen LogP contribution in [0.1, 0.15) is 5.69 Å². The normalized spacial score (nSPS) is 8.69. The predicted molar refractivity (Wildman–Crippen MR) is 51.4 cm³/mol. The fourth-order valence-corrected chi connectivity index (χ4v) is 0.753. The van der Waals surface area contributed by atoms with E-state index in [1.54, 1.807) is 36.8 Å². The van der Waals surface area contributed by atoms with Crippen molar-refractivity contribution in [1.82, 2.24) is 9.97 Å². The smallest absolute Gasteiger partial charge is 0.115 e. The van der Waals surface area contributed by atoms with Crippen LogP contribution in [-0.4, -0.2) is 15.1 Å². The molecule has 2 N–H and O–H groups in total. The molecular formula is C10H12N2O. The number of nitrogens with zero attached hydrogens (tertiary/aromatic N) is 1. The molecule has 0 radical (unpaired) electrons. The highest BCUT2D eigenvalue weighted by Gasteiger charge is 1.75. The van der Waals surface area contributed by atoms with Crippen molar-refractivity contribution in [2.75, 3.05) is 0 Å². The largest absolute Gasteiger partial charge is 0.508 e. The molecular weight excluding hydrogens is 164 g/mol. The van der Waals surface area contributed by atoms with E-state index in [2.05, 4.69) is 9.97 Å². The first-order valence-electron chi connectivity index (χ1n) is 3.98. The van der Waals surface area contributed by atoms with Gasteiger partial charge in [-0.1, -0.05) is 18.2 Å². The summed E-state index contributed by atoms with van der Waals surface area (Å²) in [6.45, 7) is 1.97. The van der Waals surface area contributed by atoms with Crippen molar-refractivity contribution in [3.63, 3.8) is 0 Å². The number of H-pyrrole nitrogens is 1. The second-order valence-corrected chi connectivity index (χ2v) is 2.57. The Bertz CT molecular complexity index is 316. The molecule has 68 valence electrons. The SMILES string of the molecule is Cc1cnc[nH]1.Oc1ccccc1. The van der Waals surface area contributed by atoms with Crippen LogP contribution < -0.4 is 0 Å². The standard InChI is InChI=1S/C6H6O.C4H6N2/c7-6-4-2-1-3-5-6;1-4-2-5-3-6-4/h1-5,7H;2-3H,1H3,(H,5,6). The van der Waals surface area contributed by atoms with Crippen molar-refractivity contribution in [3.8, 4) is 5.75 Å². The molecule has 1 aromatic heterocycles. The highest BCUT2D eigenvalue weighted by atomic mass is 16.3. The molecule has 0 amide bonds. The van der Waals surface area contributed by atoms with Gasteiger partial charge in [-0.25, -0.2) is 4.98 Å². The van der Waals surface area contributed by atoms with E-state index in [-0.39, 0.29) is 0 Å². The number of para-hydroxylation sites is 1. The molecule has 0 aliphatic heterocycles. The molecule has 0 saturated carbocycles. The fraction of sp³-hybridized carbons (Fsp3) is 0.100. The Balaban J connectivity index is 0.000000132. The number of aromatic nitrogens is 2. The van der Waals surface area contributed by atoms with E-state index in [0.717, 1.165) is 5.69 Å². The molecule has 1 aromatic carbocycles. The lowest BCUT2D eigenvalue weighted by molar-refractivity contribution is 0.475. The van der Waals surface area contributed by atoms with Crippen LogP contribution in [0.4, 0.5) is 0 Å². The lowest BCUT2D eigenvalue weighted by Crippen LogP contribution is -1.59. The third-order valence-corrected chi connectivity index (χ3v) is 1.39. The zero-order valence-electron chi connectivity index (χ0n) is 7.44. The van der Waals surface area contributed by atoms with Crippen LogP contribution in [0.25, 0.3) is 0 Å². The van der Waals surface area contributed by atoms with Crippen molar-refractivity contribution in [3.05, 3.63) is 48.5 Å². The maximum absolute atomic E-state index is 8.63. The number of rotatable bonds is 0. The van der Waals surface area contributed by atoms with Gasteiger partial charge < -0.3 is 10.1 Å². The molecule has 3 heteroatoms. The molecule has 0 spiro atoms. The van der Waals surface area contributed by atoms with Crippen LogP contribution in [0.15, 0.2) is 42.9 Å². The maximum Gasteiger partial charge on any atom is 0.115 e. The lowest BCUT2D eigenvalue weighted by Gasteiger charge is -1.82. The predicted octanol–water partition coefficient (Wildman–Crippen LogP) is 2.11. The van der Waals surface area contributed by atoms with Crippen LogP contribution in [0.2, 0.25) is 0 Å². The number of hydrogen-bond acceptors (Lipinski definition) is 2. The molecule has 0 saturated heterocycles. The summed E-state index contributed by atoms with van der Waals surface area (Å²) in [5.41, 5.74) is 1.11. The average Bonchev–Trinajstić information content (AvgIpc) is 2.58. The Morgan fingerprint density at radius 1 is 1.23 bits per heavy atom. The van der Waals surface area contributed by atoms with Crippen LogP contribution in [-0.2, 0) is 0 Å². The van der Waals surface area contributed by atoms with Crippen molar-refractivity contribution in [1.29, 1.82) is 0 Å². The van der Waals surface area contributed by atoms with Gasteiger partial charge in [-0.15, -0.1) is 0 Å². The summed E-state index contributed by atoms with van der Waals surface area (Å²) in [5.74, 6) is 0.322. The van der Waals surface area contributed by atoms with E-state index >= 15 is 0 Å². The number of phenolic OH excluding ortho intramolecular Hbond substituents is 1. The van der Waals surface area contributed by atoms with Gasteiger partial charge in [0.1, 0.15) is 5.75 Å². The second kappa shape index (κ2) is 4.98. The molecule has 0 fully saturated rings. The minimum absolute atomic E-state index is 0.322. The number of nitrogens with one attached hydrogen (secondary N) is 1. The maximum atomic E-state index is 8.63. The third kappa shape index (κ3) is 3.96. The number of aryl methyl sites for hydroxylation is 1. The first-order chi connectivity index (χ1) is 6.29. The van der Waals surface area contributed by atoms with E-state index in [4.69, 9.17) is 5.11 Å². The number of phenols is 1. The van der Waals surface area contributed by atoms with Gasteiger partial charge in [-0.2, -0.15) is 0 Å². The number of aromatic hydroxyl groups is 1. The number of benzene rings is 1. The molecule has 0 aliphatic carbocycles. The summed E-state index contributed by atoms with van der Waals surface area (Å²) < 4.78 is 0. The summed E-state index contributed by atoms with van der Waals surface area (Å²) >= 11 is 0. The van der Waals surface area contributed by atoms with Gasteiger partial charge in [0, 0.05) is 11.9 Å². The summed E-state index contributed by atoms with van der Waals surface area (Å²) in [6.07, 6.45) is 3.44. The van der Waals surface area contributed by atoms with Crippen molar-refractivity contribution in [2.45, 2.75) is 6.92 Å². The Morgan fingerprint density at radius 3 is 2.15 bits per heavy atom. The number of hydrogen-bond donors (Lipinski definition) is 2. The fourth-order valence-electron chi connectivity index (χ4n) is 0.753. The monoisotopic (exact) mass is 176 g/mol. The van der Waals surface area contributed by atoms with Crippen LogP contribution in [0.3, 0.4) is 0 Å². The summed E-state index contributed by atoms with van der Waals surface area (Å²) in [5, 5.41) is 8.63. The van der Waals surface area contributed by atoms with Crippen molar-refractivity contribution >= 4 is 0 Å². The Hall–Kier alpha value is -1.77. The zero-order valence-corrected chi connectivity index (χ0v) is 7.44. The van der Waals surface area contributed by atoms with Crippen molar-refractivity contribution in [2.24, 2.45) is 0 Å². The minimum atomic E-state index is 0.322. The summed E-state index contributed by atoms with van der Waals surface area (Å²) in [7, 11) is 0. The first kappa shape index (κ1) is 9.32.